The Labute approximate surface area is 452 Å². The highest BCUT2D eigenvalue weighted by Crippen LogP contribution is 2.23. The van der Waals surface area contributed by atoms with Gasteiger partial charge < -0.3 is 47.1 Å². The minimum absolute atomic E-state index is 0.0122. The van der Waals surface area contributed by atoms with Gasteiger partial charge in [-0.05, 0) is 72.3 Å². The number of carbonyl (C=O) groups excluding carboxylic acids is 8. The lowest BCUT2D eigenvalue weighted by Gasteiger charge is -2.32. The minimum Gasteiger partial charge on any atom is -0.361 e. The van der Waals surface area contributed by atoms with E-state index in [4.69, 9.17) is 0 Å². The molecule has 3 aromatic carbocycles. The number of thioether (sulfide) groups is 1. The highest BCUT2D eigenvalue weighted by Gasteiger charge is 2.41. The molecule has 11 atom stereocenters. The van der Waals surface area contributed by atoms with Crippen LogP contribution in [-0.2, 0) is 68.4 Å². The van der Waals surface area contributed by atoms with Crippen molar-refractivity contribution in [2.75, 3.05) is 30.6 Å². The van der Waals surface area contributed by atoms with Gasteiger partial charge in [0.25, 0.3) is 0 Å². The van der Waals surface area contributed by atoms with E-state index in [0.717, 1.165) is 10.9 Å². The Morgan fingerprint density at radius 3 is 1.59 bits per heavy atom. The molecule has 2 aliphatic heterocycles. The standard InChI is InChI=1S/C56H75N9O9S2/c1-7-34(3)47-54(71)58-41(26-29-76(6)74)49(66)63-48(35(4)8-2)55(72)59-42(25-28-75-5)56(73)65-27-17-24-46(65)53(70)62-44(31-37-20-13-10-14-21-37)51(68)60-43(30-36-18-11-9-12-19-36)50(67)61-45(52(69)64-47)32-38-33-57-40-23-16-15-22-39(38)40/h9-16,18-23,33-35,41-48,57H,7-8,17,24-32H2,1-6H3,(H,58,71)(H,59,72)(H,60,68)(H,61,67)(H,62,70)(H,63,66)(H,64,69). The number of amides is 8. The third kappa shape index (κ3) is 16.0. The summed E-state index contributed by atoms with van der Waals surface area (Å²) in [6, 6.07) is 15.8. The van der Waals surface area contributed by atoms with Crippen LogP contribution in [0.4, 0.5) is 0 Å². The number of para-hydroxylation sites is 1. The number of hydrogen-bond acceptors (Lipinski definition) is 10. The Bertz CT molecular complexity index is 2670. The van der Waals surface area contributed by atoms with E-state index in [1.54, 1.807) is 56.4 Å². The van der Waals surface area contributed by atoms with Gasteiger partial charge in [0.15, 0.2) is 0 Å². The molecule has 2 fully saturated rings. The summed E-state index contributed by atoms with van der Waals surface area (Å²) in [6.07, 6.45) is 6.76. The third-order valence-corrected chi connectivity index (χ3v) is 16.0. The van der Waals surface area contributed by atoms with Gasteiger partial charge in [0.05, 0.1) is 0 Å². The first-order chi connectivity index (χ1) is 36.5. The number of carbonyl (C=O) groups is 8. The number of hydrogen-bond donors (Lipinski definition) is 8. The second-order valence-electron chi connectivity index (χ2n) is 20.0. The average molecular weight is 1080 g/mol. The molecule has 8 N–H and O–H groups in total. The molecule has 2 aliphatic rings. The van der Waals surface area contributed by atoms with Crippen molar-refractivity contribution in [1.82, 2.24) is 47.1 Å². The molecule has 0 bridgehead atoms. The first-order valence-electron chi connectivity index (χ1n) is 26.4. The van der Waals surface area contributed by atoms with Crippen molar-refractivity contribution < 1.29 is 42.6 Å². The van der Waals surface area contributed by atoms with Crippen molar-refractivity contribution in [1.29, 1.82) is 0 Å². The highest BCUT2D eigenvalue weighted by atomic mass is 32.2. The number of aromatic amines is 1. The van der Waals surface area contributed by atoms with Crippen LogP contribution in [-0.4, -0.2) is 140 Å². The quantitative estimate of drug-likeness (QED) is 0.0813. The molecule has 3 heterocycles. The van der Waals surface area contributed by atoms with Crippen LogP contribution in [0.25, 0.3) is 10.9 Å². The maximum atomic E-state index is 15.0. The van der Waals surface area contributed by atoms with Gasteiger partial charge in [-0.2, -0.15) is 11.8 Å². The maximum Gasteiger partial charge on any atom is 0.245 e. The van der Waals surface area contributed by atoms with E-state index < -0.39 is 118 Å². The first-order valence-corrected chi connectivity index (χ1v) is 29.5. The molecule has 6 rings (SSSR count). The van der Waals surface area contributed by atoms with Gasteiger partial charge in [0, 0.05) is 65.7 Å². The summed E-state index contributed by atoms with van der Waals surface area (Å²) < 4.78 is 12.5. The van der Waals surface area contributed by atoms with E-state index >= 15 is 0 Å². The molecule has 410 valence electrons. The number of H-pyrrole nitrogens is 1. The third-order valence-electron chi connectivity index (χ3n) is 14.5. The van der Waals surface area contributed by atoms with Crippen molar-refractivity contribution in [2.24, 2.45) is 11.8 Å². The zero-order chi connectivity index (χ0) is 54.9. The molecule has 18 nitrogen and oxygen atoms in total. The molecule has 0 radical (unpaired) electrons. The van der Waals surface area contributed by atoms with Crippen molar-refractivity contribution in [3.05, 3.63) is 108 Å². The van der Waals surface area contributed by atoms with Crippen LogP contribution >= 0.6 is 11.8 Å². The predicted octanol–water partition coefficient (Wildman–Crippen LogP) is 3.21. The van der Waals surface area contributed by atoms with E-state index in [9.17, 15) is 42.6 Å². The van der Waals surface area contributed by atoms with E-state index in [2.05, 4.69) is 42.2 Å². The van der Waals surface area contributed by atoms with Crippen LogP contribution in [0, 0.1) is 11.8 Å². The van der Waals surface area contributed by atoms with Crippen molar-refractivity contribution in [2.45, 2.75) is 134 Å². The summed E-state index contributed by atoms with van der Waals surface area (Å²) in [7, 11) is -1.39. The van der Waals surface area contributed by atoms with Crippen LogP contribution in [0.15, 0.2) is 91.1 Å². The fourth-order valence-electron chi connectivity index (χ4n) is 9.64. The lowest BCUT2D eigenvalue weighted by atomic mass is 9.95. The van der Waals surface area contributed by atoms with Crippen LogP contribution in [0.1, 0.15) is 82.9 Å². The summed E-state index contributed by atoms with van der Waals surface area (Å²) in [5.41, 5.74) is 2.87. The lowest BCUT2D eigenvalue weighted by Crippen LogP contribution is -2.63. The topological polar surface area (TPSA) is 257 Å². The SMILES string of the molecule is CCC(C)C1NC(=O)C(Cc2c[nH]c3ccccc23)NC(=O)C(Cc2ccccc2)NC(=O)C(Cc2ccccc2)NC(=O)C2CCCN2C(=O)C(CCSC)NC(=O)C(C(C)CC)NC(=O)C(CCS(C)=O)NC1=O. The predicted molar refractivity (Wildman–Crippen MR) is 296 cm³/mol. The van der Waals surface area contributed by atoms with Gasteiger partial charge in [0.1, 0.15) is 48.3 Å². The van der Waals surface area contributed by atoms with Gasteiger partial charge in [0.2, 0.25) is 47.3 Å². The van der Waals surface area contributed by atoms with Gasteiger partial charge in [-0.25, -0.2) is 0 Å². The highest BCUT2D eigenvalue weighted by molar-refractivity contribution is 7.98. The summed E-state index contributed by atoms with van der Waals surface area (Å²) in [5.74, 6) is -5.78. The zero-order valence-corrected chi connectivity index (χ0v) is 46.0. The summed E-state index contributed by atoms with van der Waals surface area (Å²) in [4.78, 5) is 122. The van der Waals surface area contributed by atoms with Crippen molar-refractivity contribution in [3.63, 3.8) is 0 Å². The second kappa shape index (κ2) is 28.6. The average Bonchev–Trinajstić information content (AvgIpc) is 4.08. The largest absolute Gasteiger partial charge is 0.361 e. The Morgan fingerprint density at radius 1 is 0.579 bits per heavy atom. The summed E-state index contributed by atoms with van der Waals surface area (Å²) in [5, 5.41) is 21.0. The van der Waals surface area contributed by atoms with E-state index in [0.29, 0.717) is 41.7 Å². The molecule has 0 spiro atoms. The number of aromatic nitrogens is 1. The molecule has 76 heavy (non-hydrogen) atoms. The molecule has 11 unspecified atom stereocenters. The molecule has 2 saturated heterocycles. The van der Waals surface area contributed by atoms with E-state index in [1.807, 2.05) is 68.6 Å². The van der Waals surface area contributed by atoms with Gasteiger partial charge in [-0.1, -0.05) is 119 Å². The number of benzene rings is 3. The molecule has 0 aliphatic carbocycles. The fourth-order valence-corrected chi connectivity index (χ4v) is 10.7. The molecular formula is C56H75N9O9S2. The van der Waals surface area contributed by atoms with Crippen LogP contribution in [0.5, 0.6) is 0 Å². The van der Waals surface area contributed by atoms with Gasteiger partial charge >= 0.3 is 0 Å². The fraction of sp³-hybridized carbons (Fsp3) is 0.500. The molecule has 0 saturated carbocycles. The maximum absolute atomic E-state index is 15.0. The molecule has 1 aromatic heterocycles. The number of nitrogens with one attached hydrogen (secondary N) is 8. The Kier molecular flexibility index (Phi) is 22.1. The Hall–Kier alpha value is -6.54. The zero-order valence-electron chi connectivity index (χ0n) is 44.4. The van der Waals surface area contributed by atoms with Crippen molar-refractivity contribution >= 4 is 80.7 Å². The summed E-state index contributed by atoms with van der Waals surface area (Å²) in [6.45, 7) is 7.43. The molecule has 4 aromatic rings. The smallest absolute Gasteiger partial charge is 0.245 e. The Morgan fingerprint density at radius 2 is 1.05 bits per heavy atom. The Balaban J connectivity index is 1.46. The van der Waals surface area contributed by atoms with Crippen LogP contribution < -0.4 is 37.2 Å². The summed E-state index contributed by atoms with van der Waals surface area (Å²) >= 11 is 1.47. The van der Waals surface area contributed by atoms with E-state index in [-0.39, 0.29) is 50.8 Å². The normalized spacial score (nSPS) is 25.1. The molecule has 8 amide bonds. The monoisotopic (exact) mass is 1080 g/mol. The lowest BCUT2D eigenvalue weighted by molar-refractivity contribution is -0.143. The molecule has 20 heteroatoms. The van der Waals surface area contributed by atoms with Crippen molar-refractivity contribution in [3.8, 4) is 0 Å². The second-order valence-corrected chi connectivity index (χ2v) is 22.6. The van der Waals surface area contributed by atoms with Gasteiger partial charge in [-0.3, -0.25) is 42.6 Å². The van der Waals surface area contributed by atoms with Crippen LogP contribution in [0.3, 0.4) is 0 Å². The molecular weight excluding hydrogens is 1010 g/mol. The number of fused-ring (bicyclic) bond motifs is 2. The van der Waals surface area contributed by atoms with Crippen LogP contribution in [0.2, 0.25) is 0 Å². The van der Waals surface area contributed by atoms with Gasteiger partial charge in [-0.15, -0.1) is 0 Å². The van der Waals surface area contributed by atoms with E-state index in [1.165, 1.54) is 22.9 Å². The number of rotatable bonds is 16. The number of nitrogens with zero attached hydrogens (tertiary/aromatic N) is 1. The first kappa shape index (κ1) is 58.7. The minimum atomic E-state index is -1.39.